The van der Waals surface area contributed by atoms with Gasteiger partial charge in [-0.25, -0.2) is 5.43 Å². The Morgan fingerprint density at radius 2 is 1.82 bits per heavy atom. The maximum absolute atomic E-state index is 7.19. The molecule has 0 bridgehead atoms. The Bertz CT molecular complexity index is 846. The molecule has 0 saturated heterocycles. The molecule has 3 rings (SSSR count). The van der Waals surface area contributed by atoms with E-state index in [0.717, 1.165) is 27.7 Å². The summed E-state index contributed by atoms with van der Waals surface area (Å²) in [6, 6.07) is 18.3. The van der Waals surface area contributed by atoms with Gasteiger partial charge in [-0.1, -0.05) is 48.5 Å². The van der Waals surface area contributed by atoms with Crippen LogP contribution in [-0.2, 0) is 7.05 Å². The van der Waals surface area contributed by atoms with E-state index in [1.54, 1.807) is 6.21 Å². The first-order chi connectivity index (χ1) is 10.7. The van der Waals surface area contributed by atoms with E-state index in [2.05, 4.69) is 39.4 Å². The van der Waals surface area contributed by atoms with Crippen molar-refractivity contribution in [2.24, 2.45) is 17.9 Å². The van der Waals surface area contributed by atoms with Gasteiger partial charge < -0.3 is 10.3 Å². The predicted molar refractivity (Wildman–Crippen MR) is 91.0 cm³/mol. The number of nitrogens with one attached hydrogen (secondary N) is 2. The molecule has 5 heteroatoms. The maximum atomic E-state index is 7.19. The van der Waals surface area contributed by atoms with E-state index < -0.39 is 0 Å². The third-order valence-electron chi connectivity index (χ3n) is 3.57. The van der Waals surface area contributed by atoms with E-state index in [9.17, 15) is 0 Å². The van der Waals surface area contributed by atoms with Gasteiger partial charge in [0.25, 0.3) is 0 Å². The second kappa shape index (κ2) is 5.73. The molecule has 0 fully saturated rings. The lowest BCUT2D eigenvalue weighted by atomic mass is 10.1. The van der Waals surface area contributed by atoms with Gasteiger partial charge in [-0.3, -0.25) is 5.41 Å². The fourth-order valence-electron chi connectivity index (χ4n) is 2.66. The Balaban J connectivity index is 2.23. The summed E-state index contributed by atoms with van der Waals surface area (Å²) in [7, 11) is 2.04. The van der Waals surface area contributed by atoms with E-state index in [1.165, 1.54) is 0 Å². The first kappa shape index (κ1) is 13.9. The Kier molecular flexibility index (Phi) is 3.62. The molecule has 22 heavy (non-hydrogen) atoms. The number of nitrogens with two attached hydrogens (primary N) is 1. The summed E-state index contributed by atoms with van der Waals surface area (Å²) >= 11 is 0. The molecule has 5 nitrogen and oxygen atoms in total. The van der Waals surface area contributed by atoms with Crippen molar-refractivity contribution in [3.63, 3.8) is 0 Å². The third kappa shape index (κ3) is 2.44. The van der Waals surface area contributed by atoms with Crippen LogP contribution in [0.2, 0.25) is 0 Å². The molecule has 0 aliphatic rings. The van der Waals surface area contributed by atoms with Crippen LogP contribution in [0, 0.1) is 5.41 Å². The van der Waals surface area contributed by atoms with Crippen LogP contribution in [0.4, 0.5) is 0 Å². The highest BCUT2D eigenvalue weighted by molar-refractivity contribution is 6.06. The van der Waals surface area contributed by atoms with Crippen molar-refractivity contribution < 1.29 is 0 Å². The summed E-state index contributed by atoms with van der Waals surface area (Å²) < 4.78 is 2.15. The summed E-state index contributed by atoms with van der Waals surface area (Å²) in [4.78, 5) is 0. The largest absolute Gasteiger partial charge is 0.369 e. The number of hydrogen-bond donors (Lipinski definition) is 3. The molecule has 0 aliphatic heterocycles. The van der Waals surface area contributed by atoms with Crippen LogP contribution in [-0.4, -0.2) is 16.7 Å². The number of nitrogens with zero attached hydrogens (tertiary/aromatic N) is 2. The summed E-state index contributed by atoms with van der Waals surface area (Å²) in [5.74, 6) is -0.183. The van der Waals surface area contributed by atoms with E-state index in [4.69, 9.17) is 11.1 Å². The van der Waals surface area contributed by atoms with Crippen molar-refractivity contribution in [3.8, 4) is 11.3 Å². The molecule has 1 aromatic heterocycles. The lowest BCUT2D eigenvalue weighted by Crippen LogP contribution is -2.25. The molecule has 0 amide bonds. The van der Waals surface area contributed by atoms with Gasteiger partial charge in [-0.2, -0.15) is 5.10 Å². The minimum Gasteiger partial charge on any atom is -0.369 e. The molecular weight excluding hydrogens is 274 g/mol. The fraction of sp³-hybridized carbons (Fsp3) is 0.0588. The van der Waals surface area contributed by atoms with Crippen LogP contribution in [0.5, 0.6) is 0 Å². The number of hydrazone groups is 1. The van der Waals surface area contributed by atoms with Crippen LogP contribution in [0.25, 0.3) is 22.2 Å². The zero-order valence-electron chi connectivity index (χ0n) is 12.2. The van der Waals surface area contributed by atoms with Crippen molar-refractivity contribution in [1.82, 2.24) is 9.99 Å². The average molecular weight is 291 g/mol. The van der Waals surface area contributed by atoms with Crippen molar-refractivity contribution in [1.29, 1.82) is 5.41 Å². The van der Waals surface area contributed by atoms with Crippen LogP contribution < -0.4 is 11.2 Å². The zero-order chi connectivity index (χ0) is 15.5. The van der Waals surface area contributed by atoms with Gasteiger partial charge in [0.2, 0.25) is 5.96 Å². The van der Waals surface area contributed by atoms with Crippen LogP contribution in [0.1, 0.15) is 5.56 Å². The topological polar surface area (TPSA) is 79.2 Å². The molecule has 0 aliphatic carbocycles. The third-order valence-corrected chi connectivity index (χ3v) is 3.57. The second-order valence-electron chi connectivity index (χ2n) is 4.99. The number of rotatable bonds is 3. The Morgan fingerprint density at radius 3 is 2.55 bits per heavy atom. The standard InChI is InChI=1S/C17H17N5/c1-22-15-10-6-5-9-13(15)14(11-20-21-17(18)19)16(22)12-7-3-2-4-8-12/h2-11H,1H3,(H4,18,19,21). The monoisotopic (exact) mass is 291 g/mol. The molecule has 0 atom stereocenters. The summed E-state index contributed by atoms with van der Waals surface area (Å²) in [5.41, 5.74) is 12.1. The first-order valence-corrected chi connectivity index (χ1v) is 6.94. The number of aromatic nitrogens is 1. The van der Waals surface area contributed by atoms with Gasteiger partial charge >= 0.3 is 0 Å². The quantitative estimate of drug-likeness (QED) is 0.394. The molecule has 0 saturated carbocycles. The summed E-state index contributed by atoms with van der Waals surface area (Å²) in [6.45, 7) is 0. The van der Waals surface area contributed by atoms with Crippen molar-refractivity contribution in [2.45, 2.75) is 0 Å². The molecule has 2 aromatic carbocycles. The first-order valence-electron chi connectivity index (χ1n) is 6.94. The van der Waals surface area contributed by atoms with E-state index in [0.29, 0.717) is 0 Å². The van der Waals surface area contributed by atoms with E-state index >= 15 is 0 Å². The molecule has 3 aromatic rings. The van der Waals surface area contributed by atoms with Gasteiger partial charge in [-0.15, -0.1) is 0 Å². The lowest BCUT2D eigenvalue weighted by Gasteiger charge is -2.06. The van der Waals surface area contributed by atoms with Gasteiger partial charge in [-0.05, 0) is 11.6 Å². The molecule has 110 valence electrons. The van der Waals surface area contributed by atoms with Crippen LogP contribution >= 0.6 is 0 Å². The summed E-state index contributed by atoms with van der Waals surface area (Å²) in [5, 5.41) is 12.4. The average Bonchev–Trinajstić information content (AvgIpc) is 2.81. The second-order valence-corrected chi connectivity index (χ2v) is 4.99. The molecule has 1 heterocycles. The number of aryl methyl sites for hydroxylation is 1. The number of guanidine groups is 1. The highest BCUT2D eigenvalue weighted by Crippen LogP contribution is 2.31. The number of para-hydroxylation sites is 1. The SMILES string of the molecule is Cn1c(-c2ccccc2)c(C=NNC(=N)N)c2ccccc21. The van der Waals surface area contributed by atoms with Crippen molar-refractivity contribution in [2.75, 3.05) is 0 Å². The normalized spacial score (nSPS) is 11.1. The molecule has 0 unspecified atom stereocenters. The Labute approximate surface area is 128 Å². The highest BCUT2D eigenvalue weighted by Gasteiger charge is 2.14. The van der Waals surface area contributed by atoms with Gasteiger partial charge in [0.1, 0.15) is 0 Å². The maximum Gasteiger partial charge on any atom is 0.206 e. The lowest BCUT2D eigenvalue weighted by molar-refractivity contribution is 0.975. The Morgan fingerprint density at radius 1 is 1.14 bits per heavy atom. The zero-order valence-corrected chi connectivity index (χ0v) is 12.2. The minimum atomic E-state index is -0.183. The molecular formula is C17H17N5. The number of fused-ring (bicyclic) bond motifs is 1. The molecule has 4 N–H and O–H groups in total. The Hall–Kier alpha value is -3.08. The van der Waals surface area contributed by atoms with Gasteiger partial charge in [0, 0.05) is 23.5 Å². The fourth-order valence-corrected chi connectivity index (χ4v) is 2.66. The summed E-state index contributed by atoms with van der Waals surface area (Å²) in [6.07, 6.45) is 1.71. The van der Waals surface area contributed by atoms with Gasteiger partial charge in [0.15, 0.2) is 0 Å². The number of benzene rings is 2. The van der Waals surface area contributed by atoms with E-state index in [1.807, 2.05) is 37.4 Å². The van der Waals surface area contributed by atoms with Gasteiger partial charge in [0.05, 0.1) is 11.9 Å². The highest BCUT2D eigenvalue weighted by atomic mass is 15.3. The van der Waals surface area contributed by atoms with Crippen LogP contribution in [0.3, 0.4) is 0 Å². The molecule has 0 spiro atoms. The molecule has 0 radical (unpaired) electrons. The number of hydrogen-bond acceptors (Lipinski definition) is 2. The smallest absolute Gasteiger partial charge is 0.206 e. The minimum absolute atomic E-state index is 0.183. The van der Waals surface area contributed by atoms with Crippen molar-refractivity contribution in [3.05, 3.63) is 60.2 Å². The van der Waals surface area contributed by atoms with Crippen molar-refractivity contribution >= 4 is 23.1 Å². The van der Waals surface area contributed by atoms with E-state index in [-0.39, 0.29) is 5.96 Å². The predicted octanol–water partition coefficient (Wildman–Crippen LogP) is 2.66. The van der Waals surface area contributed by atoms with Crippen LogP contribution in [0.15, 0.2) is 59.7 Å².